The van der Waals surface area contributed by atoms with E-state index in [4.69, 9.17) is 4.74 Å². The molecule has 2 aromatic carbocycles. The summed E-state index contributed by atoms with van der Waals surface area (Å²) in [5.41, 5.74) is 1.75. The Kier molecular flexibility index (Phi) is 5.53. The van der Waals surface area contributed by atoms with Crippen LogP contribution in [-0.4, -0.2) is 31.3 Å². The number of carbonyl (C=O) groups excluding carboxylic acids is 1. The molecule has 0 N–H and O–H groups in total. The van der Waals surface area contributed by atoms with Crippen LogP contribution < -0.4 is 11.2 Å². The standard InChI is InChI=1S/C23H22N4O4/c1-3-31-19(28)14-25-15-24-21-20(25)22(29)26(13-17-9-5-4-6-10-17)23(30)27(21)18-11-7-8-16(2)12-18/h4-12,15H,3,13-14H2,1-2H3. The molecule has 2 heterocycles. The number of rotatable bonds is 6. The molecule has 8 nitrogen and oxygen atoms in total. The molecule has 31 heavy (non-hydrogen) atoms. The van der Waals surface area contributed by atoms with Crippen LogP contribution in [0.3, 0.4) is 0 Å². The molecule has 0 aliphatic carbocycles. The van der Waals surface area contributed by atoms with Gasteiger partial charge in [0.05, 0.1) is 25.2 Å². The van der Waals surface area contributed by atoms with Crippen LogP contribution in [0, 0.1) is 6.92 Å². The highest BCUT2D eigenvalue weighted by Crippen LogP contribution is 2.15. The summed E-state index contributed by atoms with van der Waals surface area (Å²) in [5.74, 6) is -0.482. The fraction of sp³-hybridized carbons (Fsp3) is 0.217. The highest BCUT2D eigenvalue weighted by molar-refractivity contribution is 5.76. The van der Waals surface area contributed by atoms with Gasteiger partial charge < -0.3 is 9.30 Å². The molecule has 0 aliphatic heterocycles. The van der Waals surface area contributed by atoms with E-state index < -0.39 is 17.2 Å². The summed E-state index contributed by atoms with van der Waals surface area (Å²) < 4.78 is 9.03. The molecule has 0 radical (unpaired) electrons. The van der Waals surface area contributed by atoms with E-state index >= 15 is 0 Å². The molecular weight excluding hydrogens is 396 g/mol. The molecule has 0 unspecified atom stereocenters. The quantitative estimate of drug-likeness (QED) is 0.448. The third kappa shape index (κ3) is 3.92. The third-order valence-corrected chi connectivity index (χ3v) is 4.95. The van der Waals surface area contributed by atoms with Gasteiger partial charge in [0.15, 0.2) is 11.2 Å². The number of hydrogen-bond acceptors (Lipinski definition) is 5. The van der Waals surface area contributed by atoms with Crippen molar-refractivity contribution in [2.75, 3.05) is 6.61 Å². The van der Waals surface area contributed by atoms with Gasteiger partial charge in [-0.3, -0.25) is 14.2 Å². The van der Waals surface area contributed by atoms with Crippen molar-refractivity contribution in [2.45, 2.75) is 26.9 Å². The van der Waals surface area contributed by atoms with Crippen LogP contribution in [0.1, 0.15) is 18.1 Å². The summed E-state index contributed by atoms with van der Waals surface area (Å²) in [6, 6.07) is 16.7. The molecule has 2 aromatic heterocycles. The highest BCUT2D eigenvalue weighted by atomic mass is 16.5. The largest absolute Gasteiger partial charge is 0.465 e. The zero-order valence-electron chi connectivity index (χ0n) is 17.3. The minimum Gasteiger partial charge on any atom is -0.465 e. The molecule has 0 bridgehead atoms. The summed E-state index contributed by atoms with van der Waals surface area (Å²) in [6.07, 6.45) is 1.39. The Hall–Kier alpha value is -3.94. The SMILES string of the molecule is CCOC(=O)Cn1cnc2c1c(=O)n(Cc1ccccc1)c(=O)n2-c1cccc(C)c1. The summed E-state index contributed by atoms with van der Waals surface area (Å²) in [7, 11) is 0. The molecule has 0 fully saturated rings. The summed E-state index contributed by atoms with van der Waals surface area (Å²) in [4.78, 5) is 43.2. The number of nitrogens with zero attached hydrogens (tertiary/aromatic N) is 4. The first kappa shape index (κ1) is 20.3. The number of imidazole rings is 1. The Morgan fingerprint density at radius 3 is 2.55 bits per heavy atom. The van der Waals surface area contributed by atoms with Crippen molar-refractivity contribution in [1.82, 2.24) is 18.7 Å². The van der Waals surface area contributed by atoms with E-state index in [0.29, 0.717) is 5.69 Å². The fourth-order valence-electron chi connectivity index (χ4n) is 3.55. The molecule has 0 saturated carbocycles. The van der Waals surface area contributed by atoms with Gasteiger partial charge in [-0.05, 0) is 37.1 Å². The van der Waals surface area contributed by atoms with Crippen LogP contribution in [0.4, 0.5) is 0 Å². The number of carbonyl (C=O) groups is 1. The number of aryl methyl sites for hydroxylation is 1. The van der Waals surface area contributed by atoms with E-state index in [2.05, 4.69) is 4.98 Å². The predicted octanol–water partition coefficient (Wildman–Crippen LogP) is 2.27. The van der Waals surface area contributed by atoms with Gasteiger partial charge in [0.1, 0.15) is 6.54 Å². The number of fused-ring (bicyclic) bond motifs is 1. The van der Waals surface area contributed by atoms with Gasteiger partial charge in [-0.15, -0.1) is 0 Å². The van der Waals surface area contributed by atoms with Crippen molar-refractivity contribution in [2.24, 2.45) is 0 Å². The molecule has 8 heteroatoms. The smallest absolute Gasteiger partial charge is 0.337 e. The first-order chi connectivity index (χ1) is 15.0. The lowest BCUT2D eigenvalue weighted by atomic mass is 10.2. The van der Waals surface area contributed by atoms with Gasteiger partial charge in [0.25, 0.3) is 5.56 Å². The van der Waals surface area contributed by atoms with Crippen LogP contribution in [0.5, 0.6) is 0 Å². The van der Waals surface area contributed by atoms with Crippen molar-refractivity contribution < 1.29 is 9.53 Å². The van der Waals surface area contributed by atoms with Crippen molar-refractivity contribution in [3.05, 3.63) is 92.9 Å². The Labute approximate surface area is 178 Å². The maximum atomic E-state index is 13.4. The lowest BCUT2D eigenvalue weighted by Gasteiger charge is -2.13. The molecule has 0 amide bonds. The molecule has 4 rings (SSSR count). The van der Waals surface area contributed by atoms with Crippen LogP contribution >= 0.6 is 0 Å². The molecule has 0 atom stereocenters. The fourth-order valence-corrected chi connectivity index (χ4v) is 3.55. The van der Waals surface area contributed by atoms with Crippen LogP contribution in [-0.2, 0) is 22.6 Å². The minimum atomic E-state index is -0.505. The third-order valence-electron chi connectivity index (χ3n) is 4.95. The highest BCUT2D eigenvalue weighted by Gasteiger charge is 2.20. The molecule has 0 saturated heterocycles. The second kappa shape index (κ2) is 8.43. The van der Waals surface area contributed by atoms with Crippen LogP contribution in [0.25, 0.3) is 16.9 Å². The van der Waals surface area contributed by atoms with Gasteiger partial charge in [-0.2, -0.15) is 0 Å². The molecule has 0 aliphatic rings. The Bertz CT molecular complexity index is 1370. The maximum Gasteiger partial charge on any atom is 0.337 e. The predicted molar refractivity (Wildman–Crippen MR) is 117 cm³/mol. The van der Waals surface area contributed by atoms with Crippen molar-refractivity contribution in [3.8, 4) is 5.69 Å². The molecule has 0 spiro atoms. The topological polar surface area (TPSA) is 88.1 Å². The summed E-state index contributed by atoms with van der Waals surface area (Å²) >= 11 is 0. The van der Waals surface area contributed by atoms with E-state index in [-0.39, 0.29) is 30.9 Å². The summed E-state index contributed by atoms with van der Waals surface area (Å²) in [5, 5.41) is 0. The molecule has 158 valence electrons. The number of ether oxygens (including phenoxy) is 1. The second-order valence-electron chi connectivity index (χ2n) is 7.18. The van der Waals surface area contributed by atoms with Gasteiger partial charge >= 0.3 is 11.7 Å². The first-order valence-corrected chi connectivity index (χ1v) is 9.97. The number of esters is 1. The van der Waals surface area contributed by atoms with Crippen molar-refractivity contribution in [1.29, 1.82) is 0 Å². The average molecular weight is 418 g/mol. The van der Waals surface area contributed by atoms with E-state index in [9.17, 15) is 14.4 Å². The van der Waals surface area contributed by atoms with Gasteiger partial charge in [0.2, 0.25) is 0 Å². The van der Waals surface area contributed by atoms with Crippen LogP contribution in [0.15, 0.2) is 70.5 Å². The minimum absolute atomic E-state index is 0.102. The summed E-state index contributed by atoms with van der Waals surface area (Å²) in [6.45, 7) is 3.80. The van der Waals surface area contributed by atoms with Gasteiger partial charge in [-0.25, -0.2) is 14.3 Å². The van der Waals surface area contributed by atoms with Gasteiger partial charge in [0, 0.05) is 0 Å². The number of hydrogen-bond donors (Lipinski definition) is 0. The molecule has 4 aromatic rings. The molecular formula is C23H22N4O4. The first-order valence-electron chi connectivity index (χ1n) is 9.97. The zero-order chi connectivity index (χ0) is 22.0. The van der Waals surface area contributed by atoms with Gasteiger partial charge in [-0.1, -0.05) is 42.5 Å². The van der Waals surface area contributed by atoms with Crippen molar-refractivity contribution in [3.63, 3.8) is 0 Å². The van der Waals surface area contributed by atoms with E-state index in [1.54, 1.807) is 13.0 Å². The maximum absolute atomic E-state index is 13.4. The normalized spacial score (nSPS) is 11.0. The van der Waals surface area contributed by atoms with E-state index in [1.807, 2.05) is 55.5 Å². The Balaban J connectivity index is 1.99. The Morgan fingerprint density at radius 2 is 1.84 bits per heavy atom. The van der Waals surface area contributed by atoms with Crippen LogP contribution in [0.2, 0.25) is 0 Å². The average Bonchev–Trinajstić information content (AvgIpc) is 3.15. The second-order valence-corrected chi connectivity index (χ2v) is 7.18. The number of benzene rings is 2. The van der Waals surface area contributed by atoms with E-state index in [0.717, 1.165) is 11.1 Å². The van der Waals surface area contributed by atoms with E-state index in [1.165, 1.54) is 20.0 Å². The van der Waals surface area contributed by atoms with Crippen molar-refractivity contribution >= 4 is 17.1 Å². The monoisotopic (exact) mass is 418 g/mol. The number of aromatic nitrogens is 4. The zero-order valence-corrected chi connectivity index (χ0v) is 17.3. The Morgan fingerprint density at radius 1 is 1.06 bits per heavy atom. The lowest BCUT2D eigenvalue weighted by molar-refractivity contribution is -0.143. The lowest BCUT2D eigenvalue weighted by Crippen LogP contribution is -2.40.